The van der Waals surface area contributed by atoms with Crippen LogP contribution in [0.15, 0.2) is 29.2 Å². The monoisotopic (exact) mass is 449 g/mol. The Morgan fingerprint density at radius 3 is 2.19 bits per heavy atom. The summed E-state index contributed by atoms with van der Waals surface area (Å²) in [5.74, 6) is -0.120. The lowest BCUT2D eigenvalue weighted by Gasteiger charge is -2.35. The zero-order valence-electron chi connectivity index (χ0n) is 18.0. The smallest absolute Gasteiger partial charge is 0.253 e. The third-order valence-electron chi connectivity index (χ3n) is 6.53. The number of piperidine rings is 1. The van der Waals surface area contributed by atoms with Gasteiger partial charge in [0.2, 0.25) is 10.0 Å². The molecule has 3 aliphatic heterocycles. The summed E-state index contributed by atoms with van der Waals surface area (Å²) in [6, 6.07) is 6.23. The minimum atomic E-state index is -3.55. The highest BCUT2D eigenvalue weighted by atomic mass is 32.2. The topological polar surface area (TPSA) is 87.2 Å². The zero-order valence-corrected chi connectivity index (χ0v) is 18.8. The van der Waals surface area contributed by atoms with Gasteiger partial charge in [-0.3, -0.25) is 9.59 Å². The Morgan fingerprint density at radius 2 is 1.58 bits per heavy atom. The van der Waals surface area contributed by atoms with Crippen LogP contribution in [0.25, 0.3) is 0 Å². The molecule has 3 saturated heterocycles. The Hall–Kier alpha value is -1.97. The molecule has 0 radical (unpaired) electrons. The van der Waals surface area contributed by atoms with E-state index in [1.54, 1.807) is 26.2 Å². The van der Waals surface area contributed by atoms with Crippen LogP contribution in [0, 0.1) is 0 Å². The molecule has 2 atom stereocenters. The molecule has 3 aliphatic rings. The number of sulfonamides is 1. The van der Waals surface area contributed by atoms with Crippen LogP contribution in [-0.4, -0.2) is 85.8 Å². The predicted octanol–water partition coefficient (Wildman–Crippen LogP) is 1.71. The van der Waals surface area contributed by atoms with Crippen molar-refractivity contribution in [1.29, 1.82) is 0 Å². The van der Waals surface area contributed by atoms with E-state index in [1.165, 1.54) is 12.1 Å². The van der Waals surface area contributed by atoms with Gasteiger partial charge in [0, 0.05) is 50.9 Å². The van der Waals surface area contributed by atoms with Gasteiger partial charge in [0.1, 0.15) is 6.10 Å². The minimum Gasteiger partial charge on any atom is -0.368 e. The molecular weight excluding hydrogens is 418 g/mol. The van der Waals surface area contributed by atoms with E-state index in [0.717, 1.165) is 32.1 Å². The van der Waals surface area contributed by atoms with Crippen molar-refractivity contribution in [3.8, 4) is 0 Å². The number of amides is 2. The van der Waals surface area contributed by atoms with Crippen molar-refractivity contribution in [3.63, 3.8) is 0 Å². The maximum Gasteiger partial charge on any atom is 0.253 e. The van der Waals surface area contributed by atoms with Crippen molar-refractivity contribution in [1.82, 2.24) is 14.1 Å². The second kappa shape index (κ2) is 9.26. The van der Waals surface area contributed by atoms with E-state index in [1.807, 2.05) is 6.92 Å². The highest BCUT2D eigenvalue weighted by Gasteiger charge is 2.33. The summed E-state index contributed by atoms with van der Waals surface area (Å²) in [6.07, 6.45) is 4.14. The quantitative estimate of drug-likeness (QED) is 0.699. The number of rotatable bonds is 4. The van der Waals surface area contributed by atoms with Gasteiger partial charge in [0.05, 0.1) is 4.90 Å². The first-order valence-corrected chi connectivity index (χ1v) is 12.6. The van der Waals surface area contributed by atoms with E-state index in [2.05, 4.69) is 0 Å². The molecule has 0 aromatic heterocycles. The number of carbonyl (C=O) groups is 2. The molecule has 9 heteroatoms. The Kier molecular flexibility index (Phi) is 6.64. The molecule has 170 valence electrons. The third-order valence-corrected chi connectivity index (χ3v) is 8.56. The lowest BCUT2D eigenvalue weighted by Crippen LogP contribution is -2.52. The zero-order chi connectivity index (χ0) is 22.0. The van der Waals surface area contributed by atoms with Gasteiger partial charge in [-0.15, -0.1) is 0 Å². The predicted molar refractivity (Wildman–Crippen MR) is 115 cm³/mol. The molecule has 1 aromatic carbocycles. The molecule has 8 nitrogen and oxygen atoms in total. The number of hydrogen-bond acceptors (Lipinski definition) is 5. The van der Waals surface area contributed by atoms with Gasteiger partial charge in [-0.2, -0.15) is 4.31 Å². The highest BCUT2D eigenvalue weighted by molar-refractivity contribution is 7.89. The van der Waals surface area contributed by atoms with E-state index in [0.29, 0.717) is 44.9 Å². The van der Waals surface area contributed by atoms with Crippen LogP contribution in [0.1, 0.15) is 49.4 Å². The summed E-state index contributed by atoms with van der Waals surface area (Å²) in [5, 5.41) is 0. The largest absolute Gasteiger partial charge is 0.368 e. The maximum atomic E-state index is 13.0. The van der Waals surface area contributed by atoms with Crippen LogP contribution >= 0.6 is 0 Å². The van der Waals surface area contributed by atoms with Gasteiger partial charge in [-0.05, 0) is 56.9 Å². The molecule has 0 spiro atoms. The van der Waals surface area contributed by atoms with E-state index < -0.39 is 10.0 Å². The van der Waals surface area contributed by atoms with Gasteiger partial charge < -0.3 is 14.5 Å². The SMILES string of the molecule is CC1CCCCN1S(=O)(=O)c1ccc(C(=O)N2CCN(C(=O)C3CCCO3)CC2)cc1. The van der Waals surface area contributed by atoms with Crippen molar-refractivity contribution in [3.05, 3.63) is 29.8 Å². The first-order chi connectivity index (χ1) is 14.9. The number of ether oxygens (including phenoxy) is 1. The molecule has 3 fully saturated rings. The van der Waals surface area contributed by atoms with Gasteiger partial charge in [-0.25, -0.2) is 8.42 Å². The summed E-state index contributed by atoms with van der Waals surface area (Å²) in [4.78, 5) is 29.1. The maximum absolute atomic E-state index is 13.0. The van der Waals surface area contributed by atoms with Crippen molar-refractivity contribution < 1.29 is 22.7 Å². The summed E-state index contributed by atoms with van der Waals surface area (Å²) >= 11 is 0. The lowest BCUT2D eigenvalue weighted by molar-refractivity contribution is -0.142. The van der Waals surface area contributed by atoms with Gasteiger partial charge >= 0.3 is 0 Å². The van der Waals surface area contributed by atoms with Crippen molar-refractivity contribution in [2.45, 2.75) is 56.1 Å². The summed E-state index contributed by atoms with van der Waals surface area (Å²) in [6.45, 7) is 5.02. The minimum absolute atomic E-state index is 0.00584. The average Bonchev–Trinajstić information content (AvgIpc) is 3.33. The molecule has 4 rings (SSSR count). The number of carbonyl (C=O) groups excluding carboxylic acids is 2. The molecule has 0 bridgehead atoms. The molecule has 3 heterocycles. The summed E-state index contributed by atoms with van der Waals surface area (Å²) < 4.78 is 33.0. The molecule has 1 aromatic rings. The lowest BCUT2D eigenvalue weighted by atomic mass is 10.1. The Morgan fingerprint density at radius 1 is 0.903 bits per heavy atom. The fourth-order valence-electron chi connectivity index (χ4n) is 4.62. The van der Waals surface area contributed by atoms with Crippen LogP contribution in [0.2, 0.25) is 0 Å². The van der Waals surface area contributed by atoms with Crippen molar-refractivity contribution in [2.75, 3.05) is 39.3 Å². The summed E-state index contributed by atoms with van der Waals surface area (Å²) in [7, 11) is -3.55. The Bertz CT molecular complexity index is 904. The van der Waals surface area contributed by atoms with Gasteiger partial charge in [0.15, 0.2) is 0 Å². The fraction of sp³-hybridized carbons (Fsp3) is 0.636. The van der Waals surface area contributed by atoms with E-state index in [-0.39, 0.29) is 28.9 Å². The molecule has 2 amide bonds. The van der Waals surface area contributed by atoms with E-state index in [9.17, 15) is 18.0 Å². The Labute approximate surface area is 184 Å². The fourth-order valence-corrected chi connectivity index (χ4v) is 6.32. The first kappa shape index (κ1) is 22.2. The third kappa shape index (κ3) is 4.63. The van der Waals surface area contributed by atoms with Crippen LogP contribution in [0.5, 0.6) is 0 Å². The molecular formula is C22H31N3O5S. The first-order valence-electron chi connectivity index (χ1n) is 11.2. The van der Waals surface area contributed by atoms with Crippen molar-refractivity contribution >= 4 is 21.8 Å². The van der Waals surface area contributed by atoms with E-state index in [4.69, 9.17) is 4.74 Å². The van der Waals surface area contributed by atoms with Crippen LogP contribution in [-0.2, 0) is 19.6 Å². The van der Waals surface area contributed by atoms with Gasteiger partial charge in [-0.1, -0.05) is 6.42 Å². The van der Waals surface area contributed by atoms with Gasteiger partial charge in [0.25, 0.3) is 11.8 Å². The van der Waals surface area contributed by atoms with Crippen molar-refractivity contribution in [2.24, 2.45) is 0 Å². The summed E-state index contributed by atoms with van der Waals surface area (Å²) in [5.41, 5.74) is 0.463. The van der Waals surface area contributed by atoms with Crippen LogP contribution < -0.4 is 0 Å². The second-order valence-corrected chi connectivity index (χ2v) is 10.5. The van der Waals surface area contributed by atoms with Crippen LogP contribution in [0.4, 0.5) is 0 Å². The van der Waals surface area contributed by atoms with E-state index >= 15 is 0 Å². The number of hydrogen-bond donors (Lipinski definition) is 0. The standard InChI is InChI=1S/C22H31N3O5S/c1-17-5-2-3-11-25(17)31(28,29)19-9-7-18(8-10-19)21(26)23-12-14-24(15-13-23)22(27)20-6-4-16-30-20/h7-10,17,20H,2-6,11-16H2,1H3. The molecule has 0 N–H and O–H groups in total. The molecule has 0 saturated carbocycles. The number of piperazine rings is 1. The normalized spacial score (nSPS) is 25.6. The average molecular weight is 450 g/mol. The molecule has 0 aliphatic carbocycles. The Balaban J connectivity index is 1.37. The second-order valence-electron chi connectivity index (χ2n) is 8.60. The van der Waals surface area contributed by atoms with Crippen LogP contribution in [0.3, 0.4) is 0 Å². The highest BCUT2D eigenvalue weighted by Crippen LogP contribution is 2.25. The molecule has 2 unspecified atom stereocenters. The number of nitrogens with zero attached hydrogens (tertiary/aromatic N) is 3. The molecule has 31 heavy (non-hydrogen) atoms. The number of benzene rings is 1.